The van der Waals surface area contributed by atoms with Crippen LogP contribution in [0.2, 0.25) is 0 Å². The van der Waals surface area contributed by atoms with Gasteiger partial charge in [0.05, 0.1) is 25.9 Å². The summed E-state index contributed by atoms with van der Waals surface area (Å²) >= 11 is 0. The fourth-order valence-corrected chi connectivity index (χ4v) is 0.609. The summed E-state index contributed by atoms with van der Waals surface area (Å²) in [5, 5.41) is 0. The largest absolute Gasteiger partial charge is 0.375 e. The second-order valence-corrected chi connectivity index (χ2v) is 2.46. The van der Waals surface area contributed by atoms with Crippen LogP contribution in [0.25, 0.3) is 0 Å². The number of hydrogen-bond donors (Lipinski definition) is 0. The van der Waals surface area contributed by atoms with Gasteiger partial charge in [0.25, 0.3) is 0 Å². The van der Waals surface area contributed by atoms with Gasteiger partial charge in [0, 0.05) is 0 Å². The van der Waals surface area contributed by atoms with Crippen molar-refractivity contribution < 1.29 is 9.47 Å². The maximum absolute atomic E-state index is 5.30. The third-order valence-electron chi connectivity index (χ3n) is 1.39. The highest BCUT2D eigenvalue weighted by atomic mass is 16.5. The molecule has 0 saturated carbocycles. The fraction of sp³-hybridized carbons (Fsp3) is 0.600. The predicted molar refractivity (Wildman–Crippen MR) is 51.2 cm³/mol. The van der Waals surface area contributed by atoms with Gasteiger partial charge < -0.3 is 9.47 Å². The van der Waals surface area contributed by atoms with Gasteiger partial charge in [-0.15, -0.1) is 6.58 Å². The lowest BCUT2D eigenvalue weighted by Crippen LogP contribution is -2.10. The number of hydrogen-bond acceptors (Lipinski definition) is 2. The van der Waals surface area contributed by atoms with Gasteiger partial charge in [-0.25, -0.2) is 0 Å². The Kier molecular flexibility index (Phi) is 8.07. The Morgan fingerprint density at radius 3 is 2.75 bits per heavy atom. The van der Waals surface area contributed by atoms with Gasteiger partial charge in [0.2, 0.25) is 0 Å². The van der Waals surface area contributed by atoms with E-state index < -0.39 is 0 Å². The zero-order chi connectivity index (χ0) is 9.23. The van der Waals surface area contributed by atoms with Crippen LogP contribution in [-0.2, 0) is 9.47 Å². The van der Waals surface area contributed by atoms with Gasteiger partial charge >= 0.3 is 0 Å². The van der Waals surface area contributed by atoms with E-state index in [1.807, 2.05) is 26.0 Å². The Morgan fingerprint density at radius 1 is 1.42 bits per heavy atom. The summed E-state index contributed by atoms with van der Waals surface area (Å²) in [6.45, 7) is 9.48. The Hall–Kier alpha value is -0.600. The zero-order valence-corrected chi connectivity index (χ0v) is 7.95. The van der Waals surface area contributed by atoms with E-state index in [1.165, 1.54) is 0 Å². The Bertz CT molecular complexity index is 130. The van der Waals surface area contributed by atoms with Crippen molar-refractivity contribution in [2.24, 2.45) is 0 Å². The van der Waals surface area contributed by atoms with Crippen molar-refractivity contribution in [2.45, 2.75) is 20.0 Å². The van der Waals surface area contributed by atoms with Gasteiger partial charge in [-0.1, -0.05) is 18.2 Å². The SMILES string of the molecule is C=CC(C)OCCOC/C=C/C. The Balaban J connectivity index is 3.05. The van der Waals surface area contributed by atoms with Crippen molar-refractivity contribution in [1.29, 1.82) is 0 Å². The minimum atomic E-state index is 0.121. The molecule has 70 valence electrons. The zero-order valence-electron chi connectivity index (χ0n) is 7.95. The molecule has 0 aliphatic heterocycles. The van der Waals surface area contributed by atoms with E-state index >= 15 is 0 Å². The summed E-state index contributed by atoms with van der Waals surface area (Å²) in [6.07, 6.45) is 5.83. The first-order chi connectivity index (χ1) is 5.81. The first-order valence-corrected chi connectivity index (χ1v) is 4.24. The molecule has 0 amide bonds. The molecule has 0 aromatic heterocycles. The number of ether oxygens (including phenoxy) is 2. The Morgan fingerprint density at radius 2 is 2.17 bits per heavy atom. The van der Waals surface area contributed by atoms with Gasteiger partial charge in [0.15, 0.2) is 0 Å². The van der Waals surface area contributed by atoms with Crippen LogP contribution in [0.3, 0.4) is 0 Å². The normalized spacial score (nSPS) is 13.5. The molecule has 0 radical (unpaired) electrons. The fourth-order valence-electron chi connectivity index (χ4n) is 0.609. The summed E-state index contributed by atoms with van der Waals surface area (Å²) < 4.78 is 10.5. The van der Waals surface area contributed by atoms with Gasteiger partial charge in [-0.3, -0.25) is 0 Å². The second-order valence-electron chi connectivity index (χ2n) is 2.46. The van der Waals surface area contributed by atoms with Crippen molar-refractivity contribution in [3.63, 3.8) is 0 Å². The van der Waals surface area contributed by atoms with Crippen LogP contribution in [0.4, 0.5) is 0 Å². The predicted octanol–water partition coefficient (Wildman–Crippen LogP) is 2.17. The van der Waals surface area contributed by atoms with E-state index in [-0.39, 0.29) is 6.10 Å². The summed E-state index contributed by atoms with van der Waals surface area (Å²) in [4.78, 5) is 0. The lowest BCUT2D eigenvalue weighted by atomic mass is 10.4. The molecule has 0 saturated heterocycles. The molecule has 1 unspecified atom stereocenters. The summed E-state index contributed by atoms with van der Waals surface area (Å²) in [5.74, 6) is 0. The highest BCUT2D eigenvalue weighted by molar-refractivity contribution is 4.76. The molecule has 0 bridgehead atoms. The van der Waals surface area contributed by atoms with Crippen LogP contribution >= 0.6 is 0 Å². The molecular weight excluding hydrogens is 152 g/mol. The van der Waals surface area contributed by atoms with Gasteiger partial charge in [0.1, 0.15) is 0 Å². The monoisotopic (exact) mass is 170 g/mol. The molecule has 0 aromatic rings. The van der Waals surface area contributed by atoms with Crippen LogP contribution in [0.15, 0.2) is 24.8 Å². The van der Waals surface area contributed by atoms with Crippen molar-refractivity contribution in [3.8, 4) is 0 Å². The lowest BCUT2D eigenvalue weighted by molar-refractivity contribution is 0.0380. The first-order valence-electron chi connectivity index (χ1n) is 4.24. The van der Waals surface area contributed by atoms with Crippen molar-refractivity contribution in [2.75, 3.05) is 19.8 Å². The van der Waals surface area contributed by atoms with Gasteiger partial charge in [-0.2, -0.15) is 0 Å². The highest BCUT2D eigenvalue weighted by Gasteiger charge is 1.93. The van der Waals surface area contributed by atoms with Crippen LogP contribution in [0.5, 0.6) is 0 Å². The molecule has 0 aliphatic carbocycles. The third kappa shape index (κ3) is 7.51. The van der Waals surface area contributed by atoms with Crippen LogP contribution < -0.4 is 0 Å². The molecular formula is C10H18O2. The number of allylic oxidation sites excluding steroid dienone is 1. The average molecular weight is 170 g/mol. The molecule has 0 aliphatic rings. The maximum Gasteiger partial charge on any atom is 0.0726 e. The molecule has 0 N–H and O–H groups in total. The van der Waals surface area contributed by atoms with E-state index in [0.29, 0.717) is 19.8 Å². The Labute approximate surface area is 74.9 Å². The van der Waals surface area contributed by atoms with Crippen molar-refractivity contribution in [1.82, 2.24) is 0 Å². The molecule has 12 heavy (non-hydrogen) atoms. The minimum Gasteiger partial charge on any atom is -0.375 e. The second kappa shape index (κ2) is 8.50. The maximum atomic E-state index is 5.30. The smallest absolute Gasteiger partial charge is 0.0726 e. The molecule has 2 nitrogen and oxygen atoms in total. The average Bonchev–Trinajstić information content (AvgIpc) is 2.10. The summed E-state index contributed by atoms with van der Waals surface area (Å²) in [7, 11) is 0. The van der Waals surface area contributed by atoms with E-state index in [1.54, 1.807) is 6.08 Å². The van der Waals surface area contributed by atoms with Crippen LogP contribution in [0, 0.1) is 0 Å². The lowest BCUT2D eigenvalue weighted by Gasteiger charge is -2.07. The van der Waals surface area contributed by atoms with Crippen LogP contribution in [0.1, 0.15) is 13.8 Å². The standard InChI is InChI=1S/C10H18O2/c1-4-6-7-11-8-9-12-10(3)5-2/h4-6,10H,2,7-9H2,1,3H3/b6-4+. The van der Waals surface area contributed by atoms with E-state index in [2.05, 4.69) is 6.58 Å². The number of rotatable bonds is 7. The van der Waals surface area contributed by atoms with Crippen molar-refractivity contribution >= 4 is 0 Å². The third-order valence-corrected chi connectivity index (χ3v) is 1.39. The molecule has 1 atom stereocenters. The molecule has 0 rings (SSSR count). The highest BCUT2D eigenvalue weighted by Crippen LogP contribution is 1.90. The van der Waals surface area contributed by atoms with E-state index in [0.717, 1.165) is 0 Å². The quantitative estimate of drug-likeness (QED) is 0.430. The molecule has 0 spiro atoms. The topological polar surface area (TPSA) is 18.5 Å². The van der Waals surface area contributed by atoms with Crippen LogP contribution in [-0.4, -0.2) is 25.9 Å². The summed E-state index contributed by atoms with van der Waals surface area (Å²) in [6, 6.07) is 0. The summed E-state index contributed by atoms with van der Waals surface area (Å²) in [5.41, 5.74) is 0. The molecule has 0 fully saturated rings. The van der Waals surface area contributed by atoms with E-state index in [9.17, 15) is 0 Å². The first kappa shape index (κ1) is 11.4. The molecule has 2 heteroatoms. The van der Waals surface area contributed by atoms with Crippen molar-refractivity contribution in [3.05, 3.63) is 24.8 Å². The van der Waals surface area contributed by atoms with Gasteiger partial charge in [-0.05, 0) is 13.8 Å². The van der Waals surface area contributed by atoms with E-state index in [4.69, 9.17) is 9.47 Å². The molecule has 0 aromatic carbocycles. The molecule has 0 heterocycles. The minimum absolute atomic E-state index is 0.121.